The number of carbonyl (C=O) groups excluding carboxylic acids is 1. The Morgan fingerprint density at radius 2 is 1.92 bits per heavy atom. The molecule has 0 unspecified atom stereocenters. The number of anilines is 1. The van der Waals surface area contributed by atoms with E-state index in [4.69, 9.17) is 4.74 Å². The number of esters is 1. The summed E-state index contributed by atoms with van der Waals surface area (Å²) in [7, 11) is -2.35. The zero-order valence-electron chi connectivity index (χ0n) is 14.3. The number of aromatic nitrogens is 2. The van der Waals surface area contributed by atoms with Gasteiger partial charge in [-0.1, -0.05) is 12.1 Å². The molecule has 0 amide bonds. The van der Waals surface area contributed by atoms with E-state index in [1.807, 2.05) is 0 Å². The minimum atomic E-state index is -3.88. The summed E-state index contributed by atoms with van der Waals surface area (Å²) < 4.78 is 34.2. The first-order valence-electron chi connectivity index (χ1n) is 7.35. The molecule has 1 heterocycles. The van der Waals surface area contributed by atoms with Crippen molar-refractivity contribution in [2.75, 3.05) is 4.72 Å². The number of hydrogen-bond donors (Lipinski definition) is 1. The standard InChI is InChI=1S/C16H21N3O4S/c1-11-7-6-8-12(15(20)23-16(2,3)4)14(11)18-24(21,22)13-9-10-17-19(13)5/h6-10,18H,1-5H3. The minimum Gasteiger partial charge on any atom is -0.456 e. The topological polar surface area (TPSA) is 90.3 Å². The normalized spacial score (nSPS) is 12.0. The lowest BCUT2D eigenvalue weighted by Gasteiger charge is -2.21. The fourth-order valence-electron chi connectivity index (χ4n) is 2.12. The van der Waals surface area contributed by atoms with Crippen LogP contribution >= 0.6 is 0 Å². The maximum absolute atomic E-state index is 12.6. The van der Waals surface area contributed by atoms with E-state index in [2.05, 4.69) is 9.82 Å². The number of sulfonamides is 1. The molecule has 130 valence electrons. The molecule has 0 aliphatic heterocycles. The number of hydrogen-bond acceptors (Lipinski definition) is 5. The molecule has 1 N–H and O–H groups in total. The van der Waals surface area contributed by atoms with Crippen LogP contribution in [0.25, 0.3) is 0 Å². The number of benzene rings is 1. The van der Waals surface area contributed by atoms with Crippen molar-refractivity contribution in [3.63, 3.8) is 0 Å². The van der Waals surface area contributed by atoms with Gasteiger partial charge >= 0.3 is 5.97 Å². The summed E-state index contributed by atoms with van der Waals surface area (Å²) in [5, 5.41) is 3.86. The van der Waals surface area contributed by atoms with Crippen LogP contribution in [-0.4, -0.2) is 29.8 Å². The summed E-state index contributed by atoms with van der Waals surface area (Å²) in [5.74, 6) is -0.589. The lowest BCUT2D eigenvalue weighted by atomic mass is 10.1. The van der Waals surface area contributed by atoms with Crippen LogP contribution in [0.1, 0.15) is 36.7 Å². The first-order valence-corrected chi connectivity index (χ1v) is 8.83. The van der Waals surface area contributed by atoms with E-state index in [0.717, 1.165) is 0 Å². The zero-order valence-corrected chi connectivity index (χ0v) is 15.1. The van der Waals surface area contributed by atoms with Gasteiger partial charge in [0, 0.05) is 7.05 Å². The van der Waals surface area contributed by atoms with Crippen LogP contribution in [0.3, 0.4) is 0 Å². The summed E-state index contributed by atoms with van der Waals surface area (Å²) >= 11 is 0. The number of aryl methyl sites for hydroxylation is 2. The van der Waals surface area contributed by atoms with Gasteiger partial charge in [-0.3, -0.25) is 9.40 Å². The van der Waals surface area contributed by atoms with Crippen LogP contribution < -0.4 is 4.72 Å². The van der Waals surface area contributed by atoms with Crippen molar-refractivity contribution in [3.8, 4) is 0 Å². The molecule has 0 spiro atoms. The average molecular weight is 351 g/mol. The highest BCUT2D eigenvalue weighted by molar-refractivity contribution is 7.92. The van der Waals surface area contributed by atoms with E-state index in [1.165, 1.54) is 30.1 Å². The molecule has 0 aliphatic carbocycles. The highest BCUT2D eigenvalue weighted by Gasteiger charge is 2.25. The number of ether oxygens (including phenoxy) is 1. The van der Waals surface area contributed by atoms with Crippen LogP contribution in [0.15, 0.2) is 35.5 Å². The van der Waals surface area contributed by atoms with Gasteiger partial charge in [0.1, 0.15) is 5.60 Å². The molecular weight excluding hydrogens is 330 g/mol. The molecule has 0 saturated heterocycles. The van der Waals surface area contributed by atoms with Crippen molar-refractivity contribution in [1.82, 2.24) is 9.78 Å². The average Bonchev–Trinajstić information content (AvgIpc) is 2.86. The van der Waals surface area contributed by atoms with Crippen molar-refractivity contribution in [2.24, 2.45) is 7.05 Å². The molecule has 0 atom stereocenters. The number of nitrogens with zero attached hydrogens (tertiary/aromatic N) is 2. The number of carbonyl (C=O) groups is 1. The summed E-state index contributed by atoms with van der Waals surface area (Å²) in [4.78, 5) is 12.4. The third-order valence-corrected chi connectivity index (χ3v) is 4.60. The first-order chi connectivity index (χ1) is 11.0. The third-order valence-electron chi connectivity index (χ3n) is 3.18. The van der Waals surface area contributed by atoms with Crippen LogP contribution in [0, 0.1) is 6.92 Å². The van der Waals surface area contributed by atoms with Gasteiger partial charge in [-0.05, 0) is 45.4 Å². The molecule has 7 nitrogen and oxygen atoms in total. The van der Waals surface area contributed by atoms with Crippen molar-refractivity contribution in [2.45, 2.75) is 38.3 Å². The highest BCUT2D eigenvalue weighted by atomic mass is 32.2. The smallest absolute Gasteiger partial charge is 0.340 e. The van der Waals surface area contributed by atoms with Crippen LogP contribution in [0.5, 0.6) is 0 Å². The maximum Gasteiger partial charge on any atom is 0.340 e. The van der Waals surface area contributed by atoms with E-state index >= 15 is 0 Å². The van der Waals surface area contributed by atoms with Crippen LogP contribution in [-0.2, 0) is 21.8 Å². The van der Waals surface area contributed by atoms with Gasteiger partial charge < -0.3 is 4.74 Å². The van der Waals surface area contributed by atoms with Crippen molar-refractivity contribution in [3.05, 3.63) is 41.6 Å². The van der Waals surface area contributed by atoms with E-state index in [-0.39, 0.29) is 16.3 Å². The molecule has 0 bridgehead atoms. The van der Waals surface area contributed by atoms with Gasteiger partial charge in [0.25, 0.3) is 10.0 Å². The highest BCUT2D eigenvalue weighted by Crippen LogP contribution is 2.26. The van der Waals surface area contributed by atoms with Gasteiger partial charge in [0.15, 0.2) is 5.03 Å². The Hall–Kier alpha value is -2.35. The van der Waals surface area contributed by atoms with Crippen LogP contribution in [0.4, 0.5) is 5.69 Å². The Labute approximate surface area is 141 Å². The molecule has 24 heavy (non-hydrogen) atoms. The Kier molecular flexibility index (Phi) is 4.70. The van der Waals surface area contributed by atoms with Crippen molar-refractivity contribution >= 4 is 21.7 Å². The predicted molar refractivity (Wildman–Crippen MR) is 90.4 cm³/mol. The van der Waals surface area contributed by atoms with Gasteiger partial charge in [-0.15, -0.1) is 0 Å². The predicted octanol–water partition coefficient (Wildman–Crippen LogP) is 2.48. The van der Waals surface area contributed by atoms with E-state index in [0.29, 0.717) is 5.56 Å². The second-order valence-electron chi connectivity index (χ2n) is 6.40. The quantitative estimate of drug-likeness (QED) is 0.855. The van der Waals surface area contributed by atoms with E-state index in [9.17, 15) is 13.2 Å². The van der Waals surface area contributed by atoms with Gasteiger partial charge in [-0.2, -0.15) is 13.5 Å². The largest absolute Gasteiger partial charge is 0.456 e. The van der Waals surface area contributed by atoms with Gasteiger partial charge in [0.05, 0.1) is 17.4 Å². The van der Waals surface area contributed by atoms with Crippen molar-refractivity contribution in [1.29, 1.82) is 0 Å². The molecular formula is C16H21N3O4S. The number of nitrogens with one attached hydrogen (secondary N) is 1. The maximum atomic E-state index is 12.6. The molecule has 0 aliphatic rings. The summed E-state index contributed by atoms with van der Waals surface area (Å²) in [6.45, 7) is 6.97. The monoisotopic (exact) mass is 351 g/mol. The fraction of sp³-hybridized carbons (Fsp3) is 0.375. The lowest BCUT2D eigenvalue weighted by molar-refractivity contribution is 0.00707. The molecule has 8 heteroatoms. The first kappa shape index (κ1) is 18.0. The molecule has 2 aromatic rings. The van der Waals surface area contributed by atoms with Crippen molar-refractivity contribution < 1.29 is 17.9 Å². The molecule has 1 aromatic carbocycles. The van der Waals surface area contributed by atoms with E-state index in [1.54, 1.807) is 39.8 Å². The summed E-state index contributed by atoms with van der Waals surface area (Å²) in [5.41, 5.74) is 0.298. The minimum absolute atomic E-state index is 0.000826. The Bertz CT molecular complexity index is 864. The van der Waals surface area contributed by atoms with Gasteiger partial charge in [-0.25, -0.2) is 4.79 Å². The number of rotatable bonds is 4. The Balaban J connectivity index is 2.44. The molecule has 1 aromatic heterocycles. The molecule has 2 rings (SSSR count). The molecule has 0 saturated carbocycles. The molecule has 0 fully saturated rings. The third kappa shape index (κ3) is 3.94. The van der Waals surface area contributed by atoms with E-state index < -0.39 is 21.6 Å². The summed E-state index contributed by atoms with van der Waals surface area (Å²) in [6.07, 6.45) is 1.39. The zero-order chi connectivity index (χ0) is 18.1. The fourth-order valence-corrected chi connectivity index (χ4v) is 3.40. The Morgan fingerprint density at radius 3 is 2.46 bits per heavy atom. The molecule has 0 radical (unpaired) electrons. The van der Waals surface area contributed by atoms with Gasteiger partial charge in [0.2, 0.25) is 0 Å². The Morgan fingerprint density at radius 1 is 1.25 bits per heavy atom. The summed E-state index contributed by atoms with van der Waals surface area (Å²) in [6, 6.07) is 6.31. The SMILES string of the molecule is Cc1cccc(C(=O)OC(C)(C)C)c1NS(=O)(=O)c1ccnn1C. The van der Waals surface area contributed by atoms with Crippen LogP contribution in [0.2, 0.25) is 0 Å². The second kappa shape index (κ2) is 6.27. The lowest BCUT2D eigenvalue weighted by Crippen LogP contribution is -2.25. The number of para-hydroxylation sites is 1. The second-order valence-corrected chi connectivity index (χ2v) is 8.03.